The molecule has 1 aliphatic heterocycles. The minimum absolute atomic E-state index is 0.152. The summed E-state index contributed by atoms with van der Waals surface area (Å²) in [5.41, 5.74) is 0.811. The lowest BCUT2D eigenvalue weighted by Gasteiger charge is -2.20. The molecule has 1 N–H and O–H groups in total. The van der Waals surface area contributed by atoms with Gasteiger partial charge in [-0.3, -0.25) is 4.79 Å². The van der Waals surface area contributed by atoms with Crippen molar-refractivity contribution >= 4 is 5.91 Å². The van der Waals surface area contributed by atoms with Crippen molar-refractivity contribution in [2.45, 2.75) is 18.8 Å². The van der Waals surface area contributed by atoms with E-state index >= 15 is 0 Å². The first-order chi connectivity index (χ1) is 6.23. The molecule has 68 valence electrons. The fraction of sp³-hybridized carbons (Fsp3) is 0.364. The van der Waals surface area contributed by atoms with E-state index in [1.165, 1.54) is 0 Å². The monoisotopic (exact) mass is 175 g/mol. The Bertz CT molecular complexity index is 320. The van der Waals surface area contributed by atoms with Gasteiger partial charge in [0, 0.05) is 6.54 Å². The fourth-order valence-electron chi connectivity index (χ4n) is 1.82. The third-order valence-electron chi connectivity index (χ3n) is 2.82. The van der Waals surface area contributed by atoms with E-state index in [-0.39, 0.29) is 11.3 Å². The third-order valence-corrected chi connectivity index (χ3v) is 2.82. The maximum atomic E-state index is 11.6. The van der Waals surface area contributed by atoms with E-state index in [0.29, 0.717) is 0 Å². The van der Waals surface area contributed by atoms with Gasteiger partial charge in [-0.1, -0.05) is 30.3 Å². The Kier molecular flexibility index (Phi) is 1.83. The summed E-state index contributed by atoms with van der Waals surface area (Å²) < 4.78 is 0. The normalized spacial score (nSPS) is 27.3. The van der Waals surface area contributed by atoms with Crippen LogP contribution in [0.1, 0.15) is 18.9 Å². The minimum atomic E-state index is -0.304. The Morgan fingerprint density at radius 3 is 2.54 bits per heavy atom. The SMILES string of the molecule is C[C@]1(c2ccccc2)CCNC1=O. The van der Waals surface area contributed by atoms with E-state index in [2.05, 4.69) is 5.32 Å². The van der Waals surface area contributed by atoms with Crippen molar-refractivity contribution < 1.29 is 4.79 Å². The van der Waals surface area contributed by atoms with Crippen LogP contribution in [0, 0.1) is 0 Å². The highest BCUT2D eigenvalue weighted by Gasteiger charge is 2.38. The lowest BCUT2D eigenvalue weighted by atomic mass is 9.81. The van der Waals surface area contributed by atoms with Crippen molar-refractivity contribution in [3.05, 3.63) is 35.9 Å². The molecular weight excluding hydrogens is 162 g/mol. The molecule has 1 aromatic carbocycles. The molecule has 0 saturated carbocycles. The number of carbonyl (C=O) groups excluding carboxylic acids is 1. The van der Waals surface area contributed by atoms with Crippen LogP contribution in [0.2, 0.25) is 0 Å². The Morgan fingerprint density at radius 2 is 2.00 bits per heavy atom. The maximum absolute atomic E-state index is 11.6. The predicted octanol–water partition coefficient (Wildman–Crippen LogP) is 1.46. The van der Waals surface area contributed by atoms with E-state index in [1.807, 2.05) is 37.3 Å². The van der Waals surface area contributed by atoms with Gasteiger partial charge in [0.15, 0.2) is 0 Å². The molecule has 1 saturated heterocycles. The fourth-order valence-corrected chi connectivity index (χ4v) is 1.82. The molecule has 0 spiro atoms. The molecule has 1 atom stereocenters. The van der Waals surface area contributed by atoms with Crippen molar-refractivity contribution in [2.75, 3.05) is 6.54 Å². The van der Waals surface area contributed by atoms with Gasteiger partial charge in [0.2, 0.25) is 5.91 Å². The average molecular weight is 175 g/mol. The molecule has 0 unspecified atom stereocenters. The number of hydrogen-bond acceptors (Lipinski definition) is 1. The molecule has 1 heterocycles. The molecule has 1 fully saturated rings. The average Bonchev–Trinajstić information content (AvgIpc) is 2.50. The number of rotatable bonds is 1. The van der Waals surface area contributed by atoms with Gasteiger partial charge in [-0.05, 0) is 18.9 Å². The van der Waals surface area contributed by atoms with Crippen molar-refractivity contribution in [1.29, 1.82) is 0 Å². The van der Waals surface area contributed by atoms with E-state index in [1.54, 1.807) is 0 Å². The van der Waals surface area contributed by atoms with Crippen LogP contribution < -0.4 is 5.32 Å². The van der Waals surface area contributed by atoms with Crippen LogP contribution in [0.3, 0.4) is 0 Å². The molecule has 2 rings (SSSR count). The van der Waals surface area contributed by atoms with Gasteiger partial charge in [-0.15, -0.1) is 0 Å². The summed E-state index contributed by atoms with van der Waals surface area (Å²) in [5.74, 6) is 0.152. The summed E-state index contributed by atoms with van der Waals surface area (Å²) in [6, 6.07) is 9.97. The van der Waals surface area contributed by atoms with Crippen LogP contribution >= 0.6 is 0 Å². The second-order valence-electron chi connectivity index (χ2n) is 3.70. The van der Waals surface area contributed by atoms with Crippen LogP contribution in [-0.4, -0.2) is 12.5 Å². The quantitative estimate of drug-likeness (QED) is 0.688. The maximum Gasteiger partial charge on any atom is 0.230 e. The van der Waals surface area contributed by atoms with E-state index in [9.17, 15) is 4.79 Å². The molecule has 0 bridgehead atoms. The molecule has 1 aromatic rings. The molecule has 1 aliphatic rings. The predicted molar refractivity (Wildman–Crippen MR) is 51.4 cm³/mol. The summed E-state index contributed by atoms with van der Waals surface area (Å²) in [6.45, 7) is 2.80. The number of amides is 1. The number of benzene rings is 1. The highest BCUT2D eigenvalue weighted by molar-refractivity contribution is 5.89. The second kappa shape index (κ2) is 2.87. The molecule has 1 amide bonds. The van der Waals surface area contributed by atoms with E-state index in [0.717, 1.165) is 18.5 Å². The van der Waals surface area contributed by atoms with Crippen LogP contribution in [0.5, 0.6) is 0 Å². The summed E-state index contributed by atoms with van der Waals surface area (Å²) in [7, 11) is 0. The van der Waals surface area contributed by atoms with Gasteiger partial charge in [0.1, 0.15) is 0 Å². The van der Waals surface area contributed by atoms with Crippen LogP contribution in [-0.2, 0) is 10.2 Å². The first-order valence-corrected chi connectivity index (χ1v) is 4.57. The zero-order valence-electron chi connectivity index (χ0n) is 7.71. The van der Waals surface area contributed by atoms with Gasteiger partial charge < -0.3 is 5.32 Å². The molecule has 2 nitrogen and oxygen atoms in total. The van der Waals surface area contributed by atoms with Gasteiger partial charge in [-0.2, -0.15) is 0 Å². The number of carbonyl (C=O) groups is 1. The number of hydrogen-bond donors (Lipinski definition) is 1. The Morgan fingerprint density at radius 1 is 1.31 bits per heavy atom. The zero-order chi connectivity index (χ0) is 9.31. The smallest absolute Gasteiger partial charge is 0.230 e. The molecule has 0 radical (unpaired) electrons. The Hall–Kier alpha value is -1.31. The molecular formula is C11H13NO. The van der Waals surface area contributed by atoms with E-state index in [4.69, 9.17) is 0 Å². The van der Waals surface area contributed by atoms with Crippen LogP contribution in [0.15, 0.2) is 30.3 Å². The lowest BCUT2D eigenvalue weighted by Crippen LogP contribution is -2.32. The summed E-state index contributed by atoms with van der Waals surface area (Å²) in [5, 5.41) is 2.87. The topological polar surface area (TPSA) is 29.1 Å². The van der Waals surface area contributed by atoms with Crippen molar-refractivity contribution in [3.8, 4) is 0 Å². The summed E-state index contributed by atoms with van der Waals surface area (Å²) >= 11 is 0. The molecule has 13 heavy (non-hydrogen) atoms. The van der Waals surface area contributed by atoms with Gasteiger partial charge >= 0.3 is 0 Å². The third kappa shape index (κ3) is 1.22. The first kappa shape index (κ1) is 8.30. The minimum Gasteiger partial charge on any atom is -0.355 e. The summed E-state index contributed by atoms with van der Waals surface area (Å²) in [6.07, 6.45) is 0.899. The molecule has 0 aliphatic carbocycles. The molecule has 2 heteroatoms. The van der Waals surface area contributed by atoms with Crippen LogP contribution in [0.4, 0.5) is 0 Å². The van der Waals surface area contributed by atoms with Crippen molar-refractivity contribution in [2.24, 2.45) is 0 Å². The molecule has 0 aromatic heterocycles. The van der Waals surface area contributed by atoms with Crippen molar-refractivity contribution in [3.63, 3.8) is 0 Å². The first-order valence-electron chi connectivity index (χ1n) is 4.57. The standard InChI is InChI=1S/C11H13NO/c1-11(7-8-12-10(11)13)9-5-3-2-4-6-9/h2-6H,7-8H2,1H3,(H,12,13)/t11-/m1/s1. The lowest BCUT2D eigenvalue weighted by molar-refractivity contribution is -0.123. The largest absolute Gasteiger partial charge is 0.355 e. The van der Waals surface area contributed by atoms with E-state index < -0.39 is 0 Å². The van der Waals surface area contributed by atoms with Gasteiger partial charge in [-0.25, -0.2) is 0 Å². The zero-order valence-corrected chi connectivity index (χ0v) is 7.71. The van der Waals surface area contributed by atoms with Crippen molar-refractivity contribution in [1.82, 2.24) is 5.32 Å². The highest BCUT2D eigenvalue weighted by atomic mass is 16.2. The Balaban J connectivity index is 2.40. The van der Waals surface area contributed by atoms with Crippen LogP contribution in [0.25, 0.3) is 0 Å². The Labute approximate surface area is 78.0 Å². The highest BCUT2D eigenvalue weighted by Crippen LogP contribution is 2.30. The van der Waals surface area contributed by atoms with Gasteiger partial charge in [0.05, 0.1) is 5.41 Å². The number of nitrogens with one attached hydrogen (secondary N) is 1. The summed E-state index contributed by atoms with van der Waals surface area (Å²) in [4.78, 5) is 11.6. The second-order valence-corrected chi connectivity index (χ2v) is 3.70. The van der Waals surface area contributed by atoms with Gasteiger partial charge in [0.25, 0.3) is 0 Å².